The molecule has 0 spiro atoms. The molecule has 0 bridgehead atoms. The normalized spacial score (nSPS) is 22.4. The summed E-state index contributed by atoms with van der Waals surface area (Å²) in [6.07, 6.45) is 1.47. The highest BCUT2D eigenvalue weighted by Crippen LogP contribution is 2.29. The number of ether oxygens (including phenoxy) is 2. The number of hydrogen-bond donors (Lipinski definition) is 1. The average Bonchev–Trinajstić information content (AvgIpc) is 2.42. The van der Waals surface area contributed by atoms with Crippen molar-refractivity contribution in [3.8, 4) is 5.75 Å². The van der Waals surface area contributed by atoms with Gasteiger partial charge >= 0.3 is 5.97 Å². The Bertz CT molecular complexity index is 481. The first kappa shape index (κ1) is 14.7. The van der Waals surface area contributed by atoms with Crippen molar-refractivity contribution >= 4 is 5.97 Å². The minimum Gasteiger partial charge on any atom is -0.484 e. The Balaban J connectivity index is 2.17. The second-order valence-electron chi connectivity index (χ2n) is 4.82. The fraction of sp³-hybridized carbons (Fsp3) is 0.500. The quantitative estimate of drug-likeness (QED) is 0.867. The average molecular weight is 286 g/mol. The summed E-state index contributed by atoms with van der Waals surface area (Å²) < 4.78 is 37.3. The molecule has 1 fully saturated rings. The summed E-state index contributed by atoms with van der Waals surface area (Å²) in [4.78, 5) is 11.2. The summed E-state index contributed by atoms with van der Waals surface area (Å²) in [5, 5.41) is 9.52. The number of halogens is 2. The van der Waals surface area contributed by atoms with Gasteiger partial charge in [0.25, 0.3) is 0 Å². The maximum atomic E-state index is 13.8. The number of aliphatic hydroxyl groups excluding tert-OH is 1. The van der Waals surface area contributed by atoms with Crippen molar-refractivity contribution in [1.29, 1.82) is 0 Å². The zero-order valence-electron chi connectivity index (χ0n) is 11.1. The Kier molecular flexibility index (Phi) is 4.54. The third kappa shape index (κ3) is 3.25. The molecule has 110 valence electrons. The molecule has 0 amide bonds. The molecular formula is C14H16F2O4. The maximum Gasteiger partial charge on any atom is 0.338 e. The van der Waals surface area contributed by atoms with E-state index in [0.29, 0.717) is 19.3 Å². The number of hydrogen-bond acceptors (Lipinski definition) is 4. The fourth-order valence-corrected chi connectivity index (χ4v) is 2.30. The molecule has 0 saturated heterocycles. The number of aliphatic hydroxyl groups is 1. The van der Waals surface area contributed by atoms with Crippen molar-refractivity contribution in [2.45, 2.75) is 37.9 Å². The van der Waals surface area contributed by atoms with Crippen molar-refractivity contribution in [2.75, 3.05) is 7.11 Å². The van der Waals surface area contributed by atoms with Gasteiger partial charge in [0.15, 0.2) is 17.4 Å². The second kappa shape index (κ2) is 6.17. The van der Waals surface area contributed by atoms with E-state index in [9.17, 15) is 18.7 Å². The summed E-state index contributed by atoms with van der Waals surface area (Å²) in [5.74, 6) is -3.24. The summed E-state index contributed by atoms with van der Waals surface area (Å²) in [7, 11) is 1.13. The molecule has 1 aliphatic carbocycles. The van der Waals surface area contributed by atoms with Gasteiger partial charge in [-0.15, -0.1) is 0 Å². The van der Waals surface area contributed by atoms with Crippen LogP contribution in [0, 0.1) is 11.6 Å². The van der Waals surface area contributed by atoms with Crippen LogP contribution in [0.2, 0.25) is 0 Å². The Morgan fingerprint density at radius 3 is 2.50 bits per heavy atom. The van der Waals surface area contributed by atoms with Crippen LogP contribution >= 0.6 is 0 Å². The van der Waals surface area contributed by atoms with Gasteiger partial charge in [0, 0.05) is 6.42 Å². The van der Waals surface area contributed by atoms with E-state index < -0.39 is 35.6 Å². The number of benzene rings is 1. The van der Waals surface area contributed by atoms with Crippen molar-refractivity contribution < 1.29 is 28.2 Å². The van der Waals surface area contributed by atoms with Crippen LogP contribution in [0.5, 0.6) is 5.75 Å². The summed E-state index contributed by atoms with van der Waals surface area (Å²) in [6, 6.07) is 1.76. The third-order valence-corrected chi connectivity index (χ3v) is 3.30. The van der Waals surface area contributed by atoms with Gasteiger partial charge in [0.2, 0.25) is 0 Å². The van der Waals surface area contributed by atoms with E-state index >= 15 is 0 Å². The summed E-state index contributed by atoms with van der Waals surface area (Å²) >= 11 is 0. The molecule has 2 atom stereocenters. The van der Waals surface area contributed by atoms with Crippen LogP contribution in [0.25, 0.3) is 0 Å². The highest BCUT2D eigenvalue weighted by molar-refractivity contribution is 5.89. The number of carbonyl (C=O) groups is 1. The van der Waals surface area contributed by atoms with E-state index in [2.05, 4.69) is 4.74 Å². The molecular weight excluding hydrogens is 270 g/mol. The Hall–Kier alpha value is -1.69. The highest BCUT2D eigenvalue weighted by atomic mass is 19.1. The van der Waals surface area contributed by atoms with Crippen LogP contribution < -0.4 is 4.74 Å². The highest BCUT2D eigenvalue weighted by Gasteiger charge is 2.25. The van der Waals surface area contributed by atoms with Crippen molar-refractivity contribution in [2.24, 2.45) is 0 Å². The molecule has 0 radical (unpaired) electrons. The fourth-order valence-electron chi connectivity index (χ4n) is 2.30. The smallest absolute Gasteiger partial charge is 0.338 e. The van der Waals surface area contributed by atoms with Gasteiger partial charge in [-0.25, -0.2) is 13.6 Å². The largest absolute Gasteiger partial charge is 0.484 e. The van der Waals surface area contributed by atoms with E-state index in [1.54, 1.807) is 0 Å². The predicted molar refractivity (Wildman–Crippen MR) is 66.6 cm³/mol. The first-order chi connectivity index (χ1) is 9.51. The molecule has 1 saturated carbocycles. The Morgan fingerprint density at radius 2 is 1.95 bits per heavy atom. The van der Waals surface area contributed by atoms with Crippen molar-refractivity contribution in [3.63, 3.8) is 0 Å². The Morgan fingerprint density at radius 1 is 1.30 bits per heavy atom. The molecule has 1 aliphatic rings. The first-order valence-electron chi connectivity index (χ1n) is 6.43. The van der Waals surface area contributed by atoms with E-state index in [1.807, 2.05) is 0 Å². The zero-order chi connectivity index (χ0) is 14.7. The van der Waals surface area contributed by atoms with E-state index in [-0.39, 0.29) is 5.56 Å². The minimum atomic E-state index is -0.953. The number of carbonyl (C=O) groups excluding carboxylic acids is 1. The van der Waals surface area contributed by atoms with Gasteiger partial charge in [-0.1, -0.05) is 0 Å². The van der Waals surface area contributed by atoms with Crippen LogP contribution in [-0.4, -0.2) is 30.4 Å². The maximum absolute atomic E-state index is 13.8. The van der Waals surface area contributed by atoms with Gasteiger partial charge in [-0.05, 0) is 31.4 Å². The molecule has 0 aliphatic heterocycles. The topological polar surface area (TPSA) is 55.8 Å². The molecule has 1 N–H and O–H groups in total. The van der Waals surface area contributed by atoms with E-state index in [0.717, 1.165) is 25.7 Å². The van der Waals surface area contributed by atoms with Crippen molar-refractivity contribution in [3.05, 3.63) is 29.3 Å². The molecule has 20 heavy (non-hydrogen) atoms. The predicted octanol–water partition coefficient (Wildman–Crippen LogP) is 2.43. The van der Waals surface area contributed by atoms with Crippen LogP contribution in [0.4, 0.5) is 8.78 Å². The molecule has 1 aromatic carbocycles. The molecule has 2 rings (SSSR count). The van der Waals surface area contributed by atoms with Crippen molar-refractivity contribution in [1.82, 2.24) is 0 Å². The molecule has 0 aromatic heterocycles. The lowest BCUT2D eigenvalue weighted by atomic mass is 9.95. The number of rotatable bonds is 3. The first-order valence-corrected chi connectivity index (χ1v) is 6.43. The summed E-state index contributed by atoms with van der Waals surface area (Å²) in [5.41, 5.74) is -0.210. The Labute approximate surface area is 115 Å². The SMILES string of the molecule is COC(=O)c1cc(F)c(OC2CCCC(O)C2)c(F)c1. The lowest BCUT2D eigenvalue weighted by molar-refractivity contribution is 0.0494. The molecule has 0 heterocycles. The third-order valence-electron chi connectivity index (χ3n) is 3.30. The minimum absolute atomic E-state index is 0.210. The zero-order valence-corrected chi connectivity index (χ0v) is 11.1. The summed E-state index contributed by atoms with van der Waals surface area (Å²) in [6.45, 7) is 0. The lowest BCUT2D eigenvalue weighted by Crippen LogP contribution is -2.28. The van der Waals surface area contributed by atoms with E-state index in [4.69, 9.17) is 4.74 Å². The van der Waals surface area contributed by atoms with Gasteiger partial charge in [0.05, 0.1) is 18.8 Å². The van der Waals surface area contributed by atoms with E-state index in [1.165, 1.54) is 0 Å². The van der Waals surface area contributed by atoms with Crippen LogP contribution in [0.15, 0.2) is 12.1 Å². The molecule has 1 aromatic rings. The van der Waals surface area contributed by atoms with Gasteiger partial charge in [0.1, 0.15) is 6.10 Å². The van der Waals surface area contributed by atoms with Gasteiger partial charge in [-0.3, -0.25) is 0 Å². The van der Waals surface area contributed by atoms with Gasteiger partial charge in [-0.2, -0.15) is 0 Å². The van der Waals surface area contributed by atoms with Crippen LogP contribution in [0.1, 0.15) is 36.0 Å². The molecule has 6 heteroatoms. The second-order valence-corrected chi connectivity index (χ2v) is 4.82. The molecule has 2 unspecified atom stereocenters. The monoisotopic (exact) mass is 286 g/mol. The van der Waals surface area contributed by atoms with Crippen LogP contribution in [-0.2, 0) is 4.74 Å². The molecule has 4 nitrogen and oxygen atoms in total. The van der Waals surface area contributed by atoms with Gasteiger partial charge < -0.3 is 14.6 Å². The number of methoxy groups -OCH3 is 1. The standard InChI is InChI=1S/C14H16F2O4/c1-19-14(18)8-5-11(15)13(12(16)6-8)20-10-4-2-3-9(17)7-10/h5-6,9-10,17H,2-4,7H2,1H3. The number of esters is 1. The van der Waals surface area contributed by atoms with Crippen LogP contribution in [0.3, 0.4) is 0 Å². The lowest BCUT2D eigenvalue weighted by Gasteiger charge is -2.26.